The molecule has 0 aliphatic carbocycles. The second kappa shape index (κ2) is 8.29. The molecule has 0 saturated carbocycles. The molecule has 132 valence electrons. The fraction of sp³-hybridized carbons (Fsp3) is 0.579. The maximum Gasteiger partial charge on any atom is 0.243 e. The van der Waals surface area contributed by atoms with Crippen molar-refractivity contribution in [3.05, 3.63) is 35.4 Å². The molecule has 2 amide bonds. The van der Waals surface area contributed by atoms with Crippen molar-refractivity contribution in [2.24, 2.45) is 5.92 Å². The van der Waals surface area contributed by atoms with E-state index in [1.807, 2.05) is 38.1 Å². The van der Waals surface area contributed by atoms with Gasteiger partial charge in [0.25, 0.3) is 0 Å². The number of hydrogen-bond acceptors (Lipinski definition) is 3. The number of nitrogens with one attached hydrogen (secondary N) is 1. The summed E-state index contributed by atoms with van der Waals surface area (Å²) in [6, 6.07) is 7.50. The predicted octanol–water partition coefficient (Wildman–Crippen LogP) is 1.87. The number of carbonyl (C=O) groups is 2. The highest BCUT2D eigenvalue weighted by atomic mass is 16.3. The van der Waals surface area contributed by atoms with E-state index in [4.69, 9.17) is 0 Å². The van der Waals surface area contributed by atoms with Gasteiger partial charge in [-0.15, -0.1) is 0 Å². The first-order valence-corrected chi connectivity index (χ1v) is 8.70. The van der Waals surface area contributed by atoms with E-state index in [1.165, 1.54) is 0 Å². The van der Waals surface area contributed by atoms with Gasteiger partial charge in [0, 0.05) is 25.9 Å². The van der Waals surface area contributed by atoms with Gasteiger partial charge in [0.05, 0.1) is 6.10 Å². The van der Waals surface area contributed by atoms with Crippen LogP contribution in [0.25, 0.3) is 0 Å². The molecule has 2 N–H and O–H groups in total. The summed E-state index contributed by atoms with van der Waals surface area (Å²) in [4.78, 5) is 26.9. The molecule has 1 aliphatic rings. The lowest BCUT2D eigenvalue weighted by Gasteiger charge is -2.36. The Bertz CT molecular complexity index is 584. The molecule has 2 unspecified atom stereocenters. The standard InChI is InChI=1S/C19H28N2O3/c1-13(2)10-18(23)21-12-16-7-5-4-6-15(16)11-17(21)19(24)20-9-8-14(3)22/h4-7,13-14,17,22H,8-12H2,1-3H3,(H,20,24). The SMILES string of the molecule is CC(C)CC(=O)N1Cc2ccccc2CC1C(=O)NCCC(C)O. The van der Waals surface area contributed by atoms with Gasteiger partial charge < -0.3 is 15.3 Å². The quantitative estimate of drug-likeness (QED) is 0.835. The van der Waals surface area contributed by atoms with E-state index < -0.39 is 12.1 Å². The molecule has 1 aliphatic heterocycles. The Hall–Kier alpha value is -1.88. The number of amides is 2. The third-order valence-corrected chi connectivity index (χ3v) is 4.32. The van der Waals surface area contributed by atoms with Crippen LogP contribution < -0.4 is 5.32 Å². The van der Waals surface area contributed by atoms with Crippen molar-refractivity contribution >= 4 is 11.8 Å². The maximum atomic E-state index is 12.6. The third kappa shape index (κ3) is 4.81. The highest BCUT2D eigenvalue weighted by Crippen LogP contribution is 2.25. The van der Waals surface area contributed by atoms with Gasteiger partial charge in [0.2, 0.25) is 11.8 Å². The largest absolute Gasteiger partial charge is 0.393 e. The summed E-state index contributed by atoms with van der Waals surface area (Å²) in [6.45, 7) is 6.61. The highest BCUT2D eigenvalue weighted by Gasteiger charge is 2.34. The topological polar surface area (TPSA) is 69.6 Å². The molecule has 0 bridgehead atoms. The lowest BCUT2D eigenvalue weighted by molar-refractivity contribution is -0.142. The lowest BCUT2D eigenvalue weighted by atomic mass is 9.92. The summed E-state index contributed by atoms with van der Waals surface area (Å²) in [6.07, 6.45) is 1.05. The fourth-order valence-corrected chi connectivity index (χ4v) is 3.01. The van der Waals surface area contributed by atoms with E-state index in [0.717, 1.165) is 11.1 Å². The van der Waals surface area contributed by atoms with Crippen LogP contribution in [0.3, 0.4) is 0 Å². The van der Waals surface area contributed by atoms with E-state index >= 15 is 0 Å². The second-order valence-electron chi connectivity index (χ2n) is 7.04. The Morgan fingerprint density at radius 3 is 2.54 bits per heavy atom. The summed E-state index contributed by atoms with van der Waals surface area (Å²) in [5.41, 5.74) is 2.24. The fourth-order valence-electron chi connectivity index (χ4n) is 3.01. The number of nitrogens with zero attached hydrogens (tertiary/aromatic N) is 1. The van der Waals surface area contributed by atoms with Crippen molar-refractivity contribution in [3.63, 3.8) is 0 Å². The van der Waals surface area contributed by atoms with Crippen LogP contribution in [0.2, 0.25) is 0 Å². The van der Waals surface area contributed by atoms with Crippen LogP contribution in [-0.4, -0.2) is 40.5 Å². The molecule has 1 heterocycles. The maximum absolute atomic E-state index is 12.6. The van der Waals surface area contributed by atoms with Gasteiger partial charge in [-0.25, -0.2) is 0 Å². The molecular formula is C19H28N2O3. The molecule has 1 aromatic carbocycles. The third-order valence-electron chi connectivity index (χ3n) is 4.32. The highest BCUT2D eigenvalue weighted by molar-refractivity contribution is 5.88. The number of rotatable bonds is 6. The Balaban J connectivity index is 2.14. The van der Waals surface area contributed by atoms with Crippen molar-refractivity contribution in [1.29, 1.82) is 0 Å². The van der Waals surface area contributed by atoms with Gasteiger partial charge in [0.15, 0.2) is 0 Å². The minimum absolute atomic E-state index is 0.0233. The molecule has 0 saturated heterocycles. The average molecular weight is 332 g/mol. The molecule has 1 aromatic rings. The van der Waals surface area contributed by atoms with Crippen molar-refractivity contribution in [2.75, 3.05) is 6.54 Å². The Labute approximate surface area is 144 Å². The molecular weight excluding hydrogens is 304 g/mol. The number of hydrogen-bond donors (Lipinski definition) is 2. The molecule has 2 rings (SSSR count). The first kappa shape index (κ1) is 18.5. The van der Waals surface area contributed by atoms with Crippen molar-refractivity contribution in [3.8, 4) is 0 Å². The number of aliphatic hydroxyl groups excluding tert-OH is 1. The Kier molecular flexibility index (Phi) is 6.37. The van der Waals surface area contributed by atoms with Gasteiger partial charge >= 0.3 is 0 Å². The molecule has 0 fully saturated rings. The van der Waals surface area contributed by atoms with E-state index in [0.29, 0.717) is 32.4 Å². The molecule has 24 heavy (non-hydrogen) atoms. The summed E-state index contributed by atoms with van der Waals surface area (Å²) in [5, 5.41) is 12.2. The van der Waals surface area contributed by atoms with Crippen LogP contribution in [0.1, 0.15) is 44.7 Å². The summed E-state index contributed by atoms with van der Waals surface area (Å²) >= 11 is 0. The zero-order valence-corrected chi connectivity index (χ0v) is 14.8. The zero-order valence-electron chi connectivity index (χ0n) is 14.8. The number of benzene rings is 1. The molecule has 0 radical (unpaired) electrons. The molecule has 2 atom stereocenters. The molecule has 0 spiro atoms. The summed E-state index contributed by atoms with van der Waals surface area (Å²) in [7, 11) is 0. The van der Waals surface area contributed by atoms with Crippen molar-refractivity contribution in [2.45, 2.75) is 58.7 Å². The first-order valence-electron chi connectivity index (χ1n) is 8.70. The normalized spacial score (nSPS) is 18.2. The van der Waals surface area contributed by atoms with Gasteiger partial charge in [-0.2, -0.15) is 0 Å². The monoisotopic (exact) mass is 332 g/mol. The number of aliphatic hydroxyl groups is 1. The van der Waals surface area contributed by atoms with Crippen LogP contribution in [-0.2, 0) is 22.6 Å². The minimum Gasteiger partial charge on any atom is -0.393 e. The van der Waals surface area contributed by atoms with Crippen LogP contribution in [0.5, 0.6) is 0 Å². The number of fused-ring (bicyclic) bond motifs is 1. The van der Waals surface area contributed by atoms with E-state index in [2.05, 4.69) is 5.32 Å². The summed E-state index contributed by atoms with van der Waals surface area (Å²) in [5.74, 6) is 0.144. The second-order valence-corrected chi connectivity index (χ2v) is 7.04. The molecule has 5 heteroatoms. The van der Waals surface area contributed by atoms with E-state index in [1.54, 1.807) is 11.8 Å². The van der Waals surface area contributed by atoms with Crippen LogP contribution in [0.15, 0.2) is 24.3 Å². The van der Waals surface area contributed by atoms with Crippen molar-refractivity contribution in [1.82, 2.24) is 10.2 Å². The van der Waals surface area contributed by atoms with Crippen LogP contribution in [0.4, 0.5) is 0 Å². The lowest BCUT2D eigenvalue weighted by Crippen LogP contribution is -2.53. The van der Waals surface area contributed by atoms with Gasteiger partial charge in [-0.3, -0.25) is 9.59 Å². The van der Waals surface area contributed by atoms with E-state index in [9.17, 15) is 14.7 Å². The first-order chi connectivity index (χ1) is 11.4. The Morgan fingerprint density at radius 1 is 1.25 bits per heavy atom. The molecule has 5 nitrogen and oxygen atoms in total. The van der Waals surface area contributed by atoms with E-state index in [-0.39, 0.29) is 17.7 Å². The minimum atomic E-state index is -0.472. The zero-order chi connectivity index (χ0) is 17.7. The van der Waals surface area contributed by atoms with Crippen LogP contribution in [0, 0.1) is 5.92 Å². The Morgan fingerprint density at radius 2 is 1.92 bits per heavy atom. The average Bonchev–Trinajstić information content (AvgIpc) is 2.52. The van der Waals surface area contributed by atoms with Crippen LogP contribution >= 0.6 is 0 Å². The van der Waals surface area contributed by atoms with Crippen molar-refractivity contribution < 1.29 is 14.7 Å². The number of carbonyl (C=O) groups excluding carboxylic acids is 2. The van der Waals surface area contributed by atoms with Gasteiger partial charge in [0.1, 0.15) is 6.04 Å². The van der Waals surface area contributed by atoms with Gasteiger partial charge in [-0.1, -0.05) is 38.1 Å². The van der Waals surface area contributed by atoms with Gasteiger partial charge in [-0.05, 0) is 30.4 Å². The molecule has 0 aromatic heterocycles. The smallest absolute Gasteiger partial charge is 0.243 e. The summed E-state index contributed by atoms with van der Waals surface area (Å²) < 4.78 is 0. The predicted molar refractivity (Wildman–Crippen MR) is 93.2 cm³/mol.